The maximum Gasteiger partial charge on any atom is 0.282 e. The summed E-state index contributed by atoms with van der Waals surface area (Å²) in [7, 11) is 0. The molecule has 0 unspecified atom stereocenters. The summed E-state index contributed by atoms with van der Waals surface area (Å²) in [6, 6.07) is 9.00. The second-order valence-corrected chi connectivity index (χ2v) is 9.07. The molecule has 0 spiro atoms. The summed E-state index contributed by atoms with van der Waals surface area (Å²) in [6.45, 7) is 10.3. The second kappa shape index (κ2) is 10.5. The highest BCUT2D eigenvalue weighted by atomic mass is 79.9. The minimum Gasteiger partial charge on any atom is -0.490 e. The van der Waals surface area contributed by atoms with Crippen LogP contribution in [0.5, 0.6) is 11.5 Å². The molecule has 170 valence electrons. The van der Waals surface area contributed by atoms with Crippen molar-refractivity contribution < 1.29 is 9.47 Å². The molecule has 0 saturated heterocycles. The van der Waals surface area contributed by atoms with Gasteiger partial charge in [0, 0.05) is 10.4 Å². The van der Waals surface area contributed by atoms with Gasteiger partial charge in [-0.15, -0.1) is 0 Å². The van der Waals surface area contributed by atoms with Crippen molar-refractivity contribution in [2.24, 2.45) is 5.10 Å². The molecule has 32 heavy (non-hydrogen) atoms. The molecule has 0 radical (unpaired) electrons. The van der Waals surface area contributed by atoms with E-state index in [1.165, 1.54) is 4.68 Å². The predicted molar refractivity (Wildman–Crippen MR) is 134 cm³/mol. The van der Waals surface area contributed by atoms with Crippen molar-refractivity contribution in [1.29, 1.82) is 0 Å². The third-order valence-electron chi connectivity index (χ3n) is 4.90. The van der Waals surface area contributed by atoms with Crippen LogP contribution in [0.4, 0.5) is 0 Å². The van der Waals surface area contributed by atoms with Crippen LogP contribution in [0.15, 0.2) is 44.7 Å². The Bertz CT molecular complexity index is 1210. The highest BCUT2D eigenvalue weighted by Crippen LogP contribution is 2.37. The zero-order valence-electron chi connectivity index (χ0n) is 18.9. The first kappa shape index (κ1) is 24.3. The number of aromatic nitrogens is 2. The van der Waals surface area contributed by atoms with E-state index in [-0.39, 0.29) is 17.6 Å². The number of ether oxygens (including phenoxy) is 2. The van der Waals surface area contributed by atoms with Crippen molar-refractivity contribution in [2.75, 3.05) is 6.61 Å². The molecule has 6 nitrogen and oxygen atoms in total. The van der Waals surface area contributed by atoms with Gasteiger partial charge in [-0.25, -0.2) is 4.98 Å². The van der Waals surface area contributed by atoms with Gasteiger partial charge in [0.15, 0.2) is 11.5 Å². The molecule has 0 N–H and O–H groups in total. The minimum atomic E-state index is -0.232. The first-order valence-electron chi connectivity index (χ1n) is 10.6. The van der Waals surface area contributed by atoms with Gasteiger partial charge in [0.1, 0.15) is 5.82 Å². The van der Waals surface area contributed by atoms with Crippen molar-refractivity contribution in [3.63, 3.8) is 0 Å². The zero-order valence-corrected chi connectivity index (χ0v) is 21.2. The van der Waals surface area contributed by atoms with Crippen LogP contribution in [0.1, 0.15) is 58.3 Å². The van der Waals surface area contributed by atoms with Crippen molar-refractivity contribution in [2.45, 2.75) is 53.1 Å². The van der Waals surface area contributed by atoms with E-state index in [0.717, 1.165) is 10.9 Å². The molecule has 3 aromatic rings. The fraction of sp³-hybridized carbons (Fsp3) is 0.375. The molecule has 3 rings (SSSR count). The Labute approximate surface area is 201 Å². The number of halogens is 2. The van der Waals surface area contributed by atoms with Gasteiger partial charge in [0.25, 0.3) is 5.56 Å². The van der Waals surface area contributed by atoms with Gasteiger partial charge in [0.05, 0.1) is 34.9 Å². The Kier molecular flexibility index (Phi) is 7.96. The number of nitrogens with zero attached hydrogens (tertiary/aromatic N) is 3. The summed E-state index contributed by atoms with van der Waals surface area (Å²) in [5.41, 5.74) is 1.09. The number of fused-ring (bicyclic) bond motifs is 1. The minimum absolute atomic E-state index is 0.00129. The third kappa shape index (κ3) is 5.33. The molecule has 0 saturated carbocycles. The highest BCUT2D eigenvalue weighted by Gasteiger charge is 2.16. The van der Waals surface area contributed by atoms with Crippen molar-refractivity contribution in [3.05, 3.63) is 61.6 Å². The van der Waals surface area contributed by atoms with Crippen LogP contribution in [-0.2, 0) is 0 Å². The van der Waals surface area contributed by atoms with E-state index in [0.29, 0.717) is 45.4 Å². The van der Waals surface area contributed by atoms with E-state index in [4.69, 9.17) is 21.1 Å². The molecular weight excluding hydrogens is 494 g/mol. The predicted octanol–water partition coefficient (Wildman–Crippen LogP) is 6.39. The molecule has 0 fully saturated rings. The Morgan fingerprint density at radius 2 is 1.97 bits per heavy atom. The Balaban J connectivity index is 2.09. The van der Waals surface area contributed by atoms with Gasteiger partial charge in [0.2, 0.25) is 0 Å². The van der Waals surface area contributed by atoms with Crippen LogP contribution < -0.4 is 15.0 Å². The Morgan fingerprint density at radius 1 is 1.22 bits per heavy atom. The Morgan fingerprint density at radius 3 is 2.62 bits per heavy atom. The number of hydrogen-bond donors (Lipinski definition) is 0. The number of hydrogen-bond acceptors (Lipinski definition) is 5. The largest absolute Gasteiger partial charge is 0.490 e. The maximum atomic E-state index is 13.2. The topological polar surface area (TPSA) is 65.7 Å². The summed E-state index contributed by atoms with van der Waals surface area (Å²) in [5.74, 6) is 1.63. The monoisotopic (exact) mass is 519 g/mol. The van der Waals surface area contributed by atoms with Crippen molar-refractivity contribution in [1.82, 2.24) is 9.66 Å². The van der Waals surface area contributed by atoms with Crippen LogP contribution in [0.25, 0.3) is 10.9 Å². The van der Waals surface area contributed by atoms with Gasteiger partial charge in [-0.2, -0.15) is 9.78 Å². The Hall–Kier alpha value is -2.38. The SMILES string of the molecule is CCOc1cc(C=Nn2c(C(C)C)nc3ccc(Br)cc3c2=O)cc(Cl)c1O[C@H](C)CC. The number of rotatable bonds is 8. The van der Waals surface area contributed by atoms with Crippen molar-refractivity contribution >= 4 is 44.6 Å². The average Bonchev–Trinajstić information content (AvgIpc) is 2.75. The van der Waals surface area contributed by atoms with Crippen LogP contribution in [0, 0.1) is 0 Å². The average molecular weight is 521 g/mol. The molecular formula is C24H27BrClN3O3. The quantitative estimate of drug-likeness (QED) is 0.323. The molecule has 0 aliphatic carbocycles. The molecule has 0 aliphatic heterocycles. The fourth-order valence-electron chi connectivity index (χ4n) is 3.10. The lowest BCUT2D eigenvalue weighted by Gasteiger charge is -2.18. The summed E-state index contributed by atoms with van der Waals surface area (Å²) in [5, 5.41) is 5.39. The van der Waals surface area contributed by atoms with Gasteiger partial charge >= 0.3 is 0 Å². The summed E-state index contributed by atoms with van der Waals surface area (Å²) in [4.78, 5) is 17.9. The van der Waals surface area contributed by atoms with Crippen LogP contribution in [0.2, 0.25) is 5.02 Å². The summed E-state index contributed by atoms with van der Waals surface area (Å²) >= 11 is 9.93. The maximum absolute atomic E-state index is 13.2. The molecule has 8 heteroatoms. The standard InChI is InChI=1S/C24H27BrClN3O3/c1-6-15(5)32-22-19(26)10-16(11-21(22)31-7-2)13-27-29-23(14(3)4)28-20-9-8-17(25)12-18(20)24(29)30/h8-15H,6-7H2,1-5H3/t15-/m1/s1. The lowest BCUT2D eigenvalue weighted by Crippen LogP contribution is -2.23. The van der Waals surface area contributed by atoms with Crippen LogP contribution in [-0.4, -0.2) is 28.6 Å². The molecule has 0 amide bonds. The first-order chi connectivity index (χ1) is 15.2. The van der Waals surface area contributed by atoms with E-state index in [1.807, 2.05) is 52.8 Å². The molecule has 1 heterocycles. The summed E-state index contributed by atoms with van der Waals surface area (Å²) < 4.78 is 13.9. The zero-order chi connectivity index (χ0) is 23.4. The van der Waals surface area contributed by atoms with Crippen molar-refractivity contribution in [3.8, 4) is 11.5 Å². The number of benzene rings is 2. The first-order valence-corrected chi connectivity index (χ1v) is 11.8. The van der Waals surface area contributed by atoms with E-state index >= 15 is 0 Å². The molecule has 0 bridgehead atoms. The molecule has 1 aromatic heterocycles. The lowest BCUT2D eigenvalue weighted by molar-refractivity contribution is 0.203. The van der Waals surface area contributed by atoms with E-state index in [2.05, 4.69) is 26.0 Å². The summed E-state index contributed by atoms with van der Waals surface area (Å²) in [6.07, 6.45) is 2.43. The third-order valence-corrected chi connectivity index (χ3v) is 5.67. The van der Waals surface area contributed by atoms with Gasteiger partial charge in [-0.1, -0.05) is 48.3 Å². The fourth-order valence-corrected chi connectivity index (χ4v) is 3.72. The van der Waals surface area contributed by atoms with E-state index < -0.39 is 0 Å². The van der Waals surface area contributed by atoms with Crippen LogP contribution in [0.3, 0.4) is 0 Å². The second-order valence-electron chi connectivity index (χ2n) is 7.75. The highest BCUT2D eigenvalue weighted by molar-refractivity contribution is 9.10. The molecule has 1 atom stereocenters. The van der Waals surface area contributed by atoms with E-state index in [9.17, 15) is 4.79 Å². The van der Waals surface area contributed by atoms with E-state index in [1.54, 1.807) is 18.3 Å². The van der Waals surface area contributed by atoms with Gasteiger partial charge < -0.3 is 9.47 Å². The smallest absolute Gasteiger partial charge is 0.282 e. The molecule has 0 aliphatic rings. The lowest BCUT2D eigenvalue weighted by atomic mass is 10.2. The molecule has 2 aromatic carbocycles. The van der Waals surface area contributed by atoms with Gasteiger partial charge in [-0.05, 0) is 56.2 Å². The normalized spacial score (nSPS) is 12.6. The van der Waals surface area contributed by atoms with Gasteiger partial charge in [-0.3, -0.25) is 4.79 Å². The van der Waals surface area contributed by atoms with Crippen LogP contribution >= 0.6 is 27.5 Å².